The highest BCUT2D eigenvalue weighted by Crippen LogP contribution is 2.15. The number of nitrogens with zero attached hydrogens (tertiary/aromatic N) is 4. The van der Waals surface area contributed by atoms with Crippen LogP contribution in [0.2, 0.25) is 0 Å². The van der Waals surface area contributed by atoms with Gasteiger partial charge in [0, 0.05) is 11.1 Å². The Balaban J connectivity index is 2.44. The molecule has 0 aliphatic carbocycles. The fourth-order valence-electron chi connectivity index (χ4n) is 1.27. The SMILES string of the molecule is CC(=O)c1cccc(-c2nnc(C)nn2)c1. The fraction of sp³-hybridized carbons (Fsp3) is 0.182. The quantitative estimate of drug-likeness (QED) is 0.707. The van der Waals surface area contributed by atoms with Crippen LogP contribution in [0.3, 0.4) is 0 Å². The third-order valence-corrected chi connectivity index (χ3v) is 2.11. The minimum atomic E-state index is 0.00915. The monoisotopic (exact) mass is 214 g/mol. The lowest BCUT2D eigenvalue weighted by Gasteiger charge is -2.00. The molecule has 0 N–H and O–H groups in total. The predicted molar refractivity (Wildman–Crippen MR) is 57.8 cm³/mol. The maximum Gasteiger partial charge on any atom is 0.203 e. The molecule has 1 heterocycles. The zero-order valence-corrected chi connectivity index (χ0v) is 9.01. The zero-order valence-electron chi connectivity index (χ0n) is 9.01. The van der Waals surface area contributed by atoms with E-state index in [1.165, 1.54) is 6.92 Å². The Morgan fingerprint density at radius 1 is 1.12 bits per heavy atom. The van der Waals surface area contributed by atoms with Gasteiger partial charge >= 0.3 is 0 Å². The number of aryl methyl sites for hydroxylation is 1. The van der Waals surface area contributed by atoms with E-state index in [0.29, 0.717) is 17.2 Å². The Kier molecular flexibility index (Phi) is 2.68. The van der Waals surface area contributed by atoms with Gasteiger partial charge in [-0.05, 0) is 19.9 Å². The Hall–Kier alpha value is -2.17. The number of ketones is 1. The minimum Gasteiger partial charge on any atom is -0.295 e. The van der Waals surface area contributed by atoms with Crippen molar-refractivity contribution in [2.24, 2.45) is 0 Å². The Labute approximate surface area is 92.6 Å². The van der Waals surface area contributed by atoms with Crippen molar-refractivity contribution >= 4 is 5.78 Å². The number of hydrogen-bond donors (Lipinski definition) is 0. The average molecular weight is 214 g/mol. The second-order valence-corrected chi connectivity index (χ2v) is 3.41. The molecule has 0 aliphatic rings. The molecular weight excluding hydrogens is 204 g/mol. The molecule has 0 atom stereocenters. The summed E-state index contributed by atoms with van der Waals surface area (Å²) >= 11 is 0. The van der Waals surface area contributed by atoms with Crippen LogP contribution >= 0.6 is 0 Å². The molecule has 0 unspecified atom stereocenters. The molecule has 16 heavy (non-hydrogen) atoms. The molecule has 80 valence electrons. The fourth-order valence-corrected chi connectivity index (χ4v) is 1.27. The van der Waals surface area contributed by atoms with Gasteiger partial charge in [-0.1, -0.05) is 18.2 Å². The predicted octanol–water partition coefficient (Wildman–Crippen LogP) is 1.44. The topological polar surface area (TPSA) is 68.6 Å². The van der Waals surface area contributed by atoms with Crippen molar-refractivity contribution in [3.8, 4) is 11.4 Å². The highest BCUT2D eigenvalue weighted by Gasteiger charge is 2.05. The number of rotatable bonds is 2. The van der Waals surface area contributed by atoms with E-state index >= 15 is 0 Å². The molecule has 1 aromatic carbocycles. The highest BCUT2D eigenvalue weighted by molar-refractivity contribution is 5.95. The number of carbonyl (C=O) groups is 1. The maximum absolute atomic E-state index is 11.2. The van der Waals surface area contributed by atoms with Crippen LogP contribution in [0.4, 0.5) is 0 Å². The Bertz CT molecular complexity index is 522. The minimum absolute atomic E-state index is 0.00915. The molecule has 0 saturated carbocycles. The van der Waals surface area contributed by atoms with Gasteiger partial charge in [-0.2, -0.15) is 0 Å². The van der Waals surface area contributed by atoms with E-state index in [-0.39, 0.29) is 5.78 Å². The maximum atomic E-state index is 11.2. The molecule has 0 amide bonds. The largest absolute Gasteiger partial charge is 0.295 e. The van der Waals surface area contributed by atoms with Crippen LogP contribution in [0.5, 0.6) is 0 Å². The number of hydrogen-bond acceptors (Lipinski definition) is 5. The van der Waals surface area contributed by atoms with E-state index in [2.05, 4.69) is 20.4 Å². The summed E-state index contributed by atoms with van der Waals surface area (Å²) in [7, 11) is 0. The summed E-state index contributed by atoms with van der Waals surface area (Å²) in [6.07, 6.45) is 0. The first-order valence-electron chi connectivity index (χ1n) is 4.82. The van der Waals surface area contributed by atoms with Crippen LogP contribution < -0.4 is 0 Å². The van der Waals surface area contributed by atoms with E-state index in [1.807, 2.05) is 6.07 Å². The van der Waals surface area contributed by atoms with E-state index in [9.17, 15) is 4.79 Å². The lowest BCUT2D eigenvalue weighted by molar-refractivity contribution is 0.101. The zero-order chi connectivity index (χ0) is 11.5. The highest BCUT2D eigenvalue weighted by atomic mass is 16.1. The summed E-state index contributed by atoms with van der Waals surface area (Å²) in [5, 5.41) is 15.5. The molecule has 0 spiro atoms. The van der Waals surface area contributed by atoms with Gasteiger partial charge in [-0.25, -0.2) is 0 Å². The summed E-state index contributed by atoms with van der Waals surface area (Å²) in [4.78, 5) is 11.2. The third-order valence-electron chi connectivity index (χ3n) is 2.11. The Morgan fingerprint density at radius 3 is 2.44 bits per heavy atom. The first-order chi connectivity index (χ1) is 7.66. The molecule has 5 heteroatoms. The lowest BCUT2D eigenvalue weighted by Crippen LogP contribution is -1.99. The molecule has 2 aromatic rings. The summed E-state index contributed by atoms with van der Waals surface area (Å²) in [5.74, 6) is 0.954. The van der Waals surface area contributed by atoms with Crippen LogP contribution in [0, 0.1) is 6.92 Å². The molecule has 1 aromatic heterocycles. The third kappa shape index (κ3) is 2.08. The van der Waals surface area contributed by atoms with Crippen LogP contribution in [0.1, 0.15) is 23.1 Å². The summed E-state index contributed by atoms with van der Waals surface area (Å²) in [6.45, 7) is 3.24. The van der Waals surface area contributed by atoms with Gasteiger partial charge in [-0.3, -0.25) is 4.79 Å². The van der Waals surface area contributed by atoms with E-state index < -0.39 is 0 Å². The lowest BCUT2D eigenvalue weighted by atomic mass is 10.1. The van der Waals surface area contributed by atoms with Crippen molar-refractivity contribution in [2.75, 3.05) is 0 Å². The first kappa shape index (κ1) is 10.4. The molecule has 2 rings (SSSR count). The molecule has 5 nitrogen and oxygen atoms in total. The van der Waals surface area contributed by atoms with Crippen molar-refractivity contribution in [3.05, 3.63) is 35.7 Å². The summed E-state index contributed by atoms with van der Waals surface area (Å²) in [6, 6.07) is 7.09. The van der Waals surface area contributed by atoms with Gasteiger partial charge in [0.1, 0.15) is 0 Å². The van der Waals surface area contributed by atoms with Gasteiger partial charge in [0.05, 0.1) is 0 Å². The number of aromatic nitrogens is 4. The standard InChI is InChI=1S/C11H10N4O/c1-7(16)9-4-3-5-10(6-9)11-14-12-8(2)13-15-11/h3-6H,1-2H3. The van der Waals surface area contributed by atoms with Crippen LogP contribution in [0.15, 0.2) is 24.3 Å². The van der Waals surface area contributed by atoms with E-state index in [4.69, 9.17) is 0 Å². The van der Waals surface area contributed by atoms with Gasteiger partial charge < -0.3 is 0 Å². The molecule has 0 fully saturated rings. The number of carbonyl (C=O) groups excluding carboxylic acids is 1. The second-order valence-electron chi connectivity index (χ2n) is 3.41. The van der Waals surface area contributed by atoms with E-state index in [1.54, 1.807) is 25.1 Å². The van der Waals surface area contributed by atoms with Gasteiger partial charge in [0.25, 0.3) is 0 Å². The van der Waals surface area contributed by atoms with Crippen molar-refractivity contribution in [3.63, 3.8) is 0 Å². The normalized spacial score (nSPS) is 10.1. The van der Waals surface area contributed by atoms with Crippen molar-refractivity contribution in [1.29, 1.82) is 0 Å². The molecular formula is C11H10N4O. The Morgan fingerprint density at radius 2 is 1.81 bits per heavy atom. The molecule has 0 radical (unpaired) electrons. The number of Topliss-reactive ketones (excluding diaryl/α,β-unsaturated/α-hetero) is 1. The van der Waals surface area contributed by atoms with Crippen LogP contribution in [-0.2, 0) is 0 Å². The first-order valence-corrected chi connectivity index (χ1v) is 4.82. The van der Waals surface area contributed by atoms with Crippen molar-refractivity contribution in [2.45, 2.75) is 13.8 Å². The van der Waals surface area contributed by atoms with Gasteiger partial charge in [0.2, 0.25) is 5.82 Å². The average Bonchev–Trinajstić information content (AvgIpc) is 2.30. The second kappa shape index (κ2) is 4.14. The molecule has 0 aliphatic heterocycles. The molecule has 0 bridgehead atoms. The van der Waals surface area contributed by atoms with Crippen molar-refractivity contribution in [1.82, 2.24) is 20.4 Å². The summed E-state index contributed by atoms with van der Waals surface area (Å²) in [5.41, 5.74) is 1.37. The smallest absolute Gasteiger partial charge is 0.203 e. The summed E-state index contributed by atoms with van der Waals surface area (Å²) < 4.78 is 0. The molecule has 0 saturated heterocycles. The van der Waals surface area contributed by atoms with Crippen LogP contribution in [0.25, 0.3) is 11.4 Å². The van der Waals surface area contributed by atoms with Crippen molar-refractivity contribution < 1.29 is 4.79 Å². The number of benzene rings is 1. The van der Waals surface area contributed by atoms with Crippen LogP contribution in [-0.4, -0.2) is 26.2 Å². The van der Waals surface area contributed by atoms with Gasteiger partial charge in [0.15, 0.2) is 11.6 Å². The van der Waals surface area contributed by atoms with E-state index in [0.717, 1.165) is 5.56 Å². The van der Waals surface area contributed by atoms with Gasteiger partial charge in [-0.15, -0.1) is 20.4 Å².